The van der Waals surface area contributed by atoms with Crippen LogP contribution in [0.3, 0.4) is 0 Å². The predicted octanol–water partition coefficient (Wildman–Crippen LogP) is 1.18. The van der Waals surface area contributed by atoms with Crippen molar-refractivity contribution < 1.29 is 32.5 Å². The van der Waals surface area contributed by atoms with E-state index in [1.807, 2.05) is 12.5 Å². The molecular weight excluding hydrogens is 1330 g/mol. The molecule has 7 aromatic carbocycles. The first-order chi connectivity index (χ1) is 53.2. The summed E-state index contributed by atoms with van der Waals surface area (Å²) in [5, 5.41) is 0. The summed E-state index contributed by atoms with van der Waals surface area (Å²) in [5.41, 5.74) is 43.6. The van der Waals surface area contributed by atoms with Gasteiger partial charge in [-0.05, 0) is 156 Å². The summed E-state index contributed by atoms with van der Waals surface area (Å²) in [6.07, 6.45) is 27.2. The number of fused-ring (bicyclic) bond motifs is 20. The molecule has 0 fully saturated rings. The molecule has 0 spiro atoms. The van der Waals surface area contributed by atoms with Crippen LogP contribution in [0.25, 0.3) is 0 Å². The Morgan fingerprint density at radius 3 is 1.07 bits per heavy atom. The number of benzene rings is 7. The van der Waals surface area contributed by atoms with E-state index in [-0.39, 0.29) is 20.7 Å². The van der Waals surface area contributed by atoms with Gasteiger partial charge in [0.1, 0.15) is 19.9 Å². The minimum absolute atomic E-state index is 0.240. The monoisotopic (exact) mass is 1420 g/mol. The smallest absolute Gasteiger partial charge is 0.362 e. The van der Waals surface area contributed by atoms with Gasteiger partial charge in [0, 0.05) is 104 Å². The number of imidazole rings is 1. The van der Waals surface area contributed by atoms with E-state index in [0.717, 1.165) is 70.0 Å². The standard InChI is InChI=1S/C19H18BN2.C18H18BN3.2C18H17BN3.C16H17BN4/c1-13-5-3-6-14-11-15-7-4-8-16-12-17-9-10-21(2)22(17)20(18(13)14)19(15)16;1-20-9-4-7-15-11-13-5-3-6-14-12-16-8-10-21(2)22(16)19(17(13)14)18(15)20;1-12-11-20-16-10-14-6-3-5-13-9-15-7-4-8-21(2)18(15)19(17(13)14)22(12)16;1-12-5-3-6-13-9-14-7-4-8-15-10-16-20-11-21(2)22(16)19(17(12)13)18(14)15;1-18-8-6-14-10-12-4-3-5-13-11-15-7-9-19(2)21(15)17(16(12)13)20(14)18/h2*3-10H,11-12H2,1-2H3;2*3-8,11H,9-10H2,1-2H3;3-9H,10-11H2,1-2H3/q+1;+2;2*+1;+2. The quantitative estimate of drug-likeness (QED) is 0.169. The van der Waals surface area contributed by atoms with E-state index in [2.05, 4.69) is 353 Å². The van der Waals surface area contributed by atoms with Crippen LogP contribution in [0, 0.1) is 20.8 Å². The lowest BCUT2D eigenvalue weighted by molar-refractivity contribution is -0.752. The Morgan fingerprint density at radius 2 is 0.606 bits per heavy atom. The van der Waals surface area contributed by atoms with Gasteiger partial charge in [-0.2, -0.15) is 23.1 Å². The summed E-state index contributed by atoms with van der Waals surface area (Å²) in [6, 6.07) is 65.3. The van der Waals surface area contributed by atoms with Crippen LogP contribution < -0.4 is 82.0 Å². The molecule has 25 rings (SSSR count). The van der Waals surface area contributed by atoms with Crippen molar-refractivity contribution in [3.05, 3.63) is 355 Å². The van der Waals surface area contributed by atoms with Gasteiger partial charge in [-0.1, -0.05) is 139 Å². The molecule has 15 nitrogen and oxygen atoms in total. The normalized spacial score (nSPS) is 14.4. The van der Waals surface area contributed by atoms with Gasteiger partial charge in [-0.15, -0.1) is 18.7 Å². The van der Waals surface area contributed by atoms with Gasteiger partial charge in [-0.25, -0.2) is 18.7 Å². The molecule has 15 aromatic rings. The van der Waals surface area contributed by atoms with E-state index in [4.69, 9.17) is 0 Å². The predicted molar refractivity (Wildman–Crippen MR) is 429 cm³/mol. The second-order valence-corrected chi connectivity index (χ2v) is 32.2. The number of aromatic nitrogens is 15. The number of rotatable bonds is 0. The first-order valence-corrected chi connectivity index (χ1v) is 39.0. The zero-order valence-electron chi connectivity index (χ0n) is 64.0. The average molecular weight is 1420 g/mol. The molecule has 20 heteroatoms. The van der Waals surface area contributed by atoms with Crippen molar-refractivity contribution in [1.29, 1.82) is 0 Å². The van der Waals surface area contributed by atoms with Gasteiger partial charge in [0.2, 0.25) is 5.82 Å². The topological polar surface area (TPSA) is 82.5 Å². The van der Waals surface area contributed by atoms with Crippen molar-refractivity contribution in [2.45, 2.75) is 85.0 Å². The Morgan fingerprint density at radius 1 is 0.275 bits per heavy atom. The van der Waals surface area contributed by atoms with Crippen LogP contribution >= 0.6 is 0 Å². The summed E-state index contributed by atoms with van der Waals surface area (Å²) in [6.45, 7) is 8.07. The molecule has 0 saturated carbocycles. The minimum atomic E-state index is 0.240. The highest BCUT2D eigenvalue weighted by Crippen LogP contribution is 2.30. The second kappa shape index (κ2) is 25.0. The minimum Gasteiger partial charge on any atom is -0.362 e. The van der Waals surface area contributed by atoms with Crippen molar-refractivity contribution in [2.75, 3.05) is 0 Å². The number of hydrogen-bond donors (Lipinski definition) is 0. The fourth-order valence-electron chi connectivity index (χ4n) is 21.4. The molecule has 109 heavy (non-hydrogen) atoms. The van der Waals surface area contributed by atoms with E-state index in [1.165, 1.54) is 167 Å². The summed E-state index contributed by atoms with van der Waals surface area (Å²) in [5.74, 6) is 2.34. The van der Waals surface area contributed by atoms with Crippen LogP contribution in [0.15, 0.2) is 226 Å². The molecule has 0 radical (unpaired) electrons. The number of pyridine rings is 2. The van der Waals surface area contributed by atoms with Crippen LogP contribution in [0.2, 0.25) is 0 Å². The molecule has 8 aromatic heterocycles. The van der Waals surface area contributed by atoms with Gasteiger partial charge in [-0.3, -0.25) is 0 Å². The molecule has 18 heterocycles. The molecular formula is C89H87B5N15+7. The van der Waals surface area contributed by atoms with Gasteiger partial charge in [0.15, 0.2) is 76.6 Å². The summed E-state index contributed by atoms with van der Waals surface area (Å²) in [4.78, 5) is 9.30. The Balaban J connectivity index is 0.0000000868. The molecule has 526 valence electrons. The molecule has 10 aliphatic rings. The number of nitrogens with zero attached hydrogens (tertiary/aromatic N) is 15. The van der Waals surface area contributed by atoms with Gasteiger partial charge in [0.25, 0.3) is 0 Å². The molecule has 0 N–H and O–H groups in total. The van der Waals surface area contributed by atoms with Gasteiger partial charge >= 0.3 is 40.7 Å². The molecule has 0 amide bonds. The van der Waals surface area contributed by atoms with Crippen LogP contribution in [0.4, 0.5) is 0 Å². The van der Waals surface area contributed by atoms with E-state index in [9.17, 15) is 0 Å². The van der Waals surface area contributed by atoms with Gasteiger partial charge in [0.05, 0.1) is 36.2 Å². The molecule has 0 bridgehead atoms. The SMILES string of the molecule is C[n+]1ccc2n1B1c3c(cccc3Cc3cc[n+](C)n31)C2.C[n+]1cccc2c1B1c3c(cccc3Cc3cc[n+](C)n31)C2.Cc1cccc2c1B1c3c(cccc3Cc3cc[n+](C)n31)C2.Cc1cccc2c1B1c3c(cccc3Cc3nc[n+](C)n31)C2.Cc1cnc2n1B1c3c(cccc3C2)Cc2ccc[n+](C)c21. The summed E-state index contributed by atoms with van der Waals surface area (Å²) < 4.78 is 30.3. The van der Waals surface area contributed by atoms with E-state index < -0.39 is 0 Å². The van der Waals surface area contributed by atoms with E-state index in [1.54, 1.807) is 5.46 Å². The lowest BCUT2D eigenvalue weighted by Gasteiger charge is -2.32. The van der Waals surface area contributed by atoms with Crippen molar-refractivity contribution >= 4 is 83.8 Å². The number of hydrogen-bond acceptors (Lipinski definition) is 2. The highest BCUT2D eigenvalue weighted by molar-refractivity contribution is 6.87. The van der Waals surface area contributed by atoms with Crippen molar-refractivity contribution in [1.82, 2.24) is 37.4 Å². The Labute approximate surface area is 639 Å². The first kappa shape index (κ1) is 65.6. The lowest BCUT2D eigenvalue weighted by atomic mass is 9.42. The zero-order valence-corrected chi connectivity index (χ0v) is 64.0. The third kappa shape index (κ3) is 10.0. The average Bonchev–Trinajstić information content (AvgIpc) is 1.73. The maximum absolute atomic E-state index is 4.66. The second-order valence-electron chi connectivity index (χ2n) is 32.2. The number of aryl methyl sites for hydroxylation is 10. The lowest BCUT2D eigenvalue weighted by Crippen LogP contribution is -2.71. The maximum atomic E-state index is 4.66. The van der Waals surface area contributed by atoms with Gasteiger partial charge < -0.3 is 4.48 Å². The molecule has 0 atom stereocenters. The van der Waals surface area contributed by atoms with Crippen LogP contribution in [0.1, 0.15) is 129 Å². The fraction of sp³-hybridized carbons (Fsp3) is 0.225. The maximum Gasteiger partial charge on any atom is 0.546 e. The van der Waals surface area contributed by atoms with Crippen molar-refractivity contribution in [3.63, 3.8) is 0 Å². The van der Waals surface area contributed by atoms with Crippen molar-refractivity contribution in [2.24, 2.45) is 49.3 Å². The van der Waals surface area contributed by atoms with E-state index >= 15 is 0 Å². The largest absolute Gasteiger partial charge is 0.546 e. The van der Waals surface area contributed by atoms with Crippen LogP contribution in [-0.4, -0.2) is 71.8 Å². The Kier molecular flexibility index (Phi) is 15.0. The summed E-state index contributed by atoms with van der Waals surface area (Å²) in [7, 11) is 15.0. The Bertz CT molecular complexity index is 5610. The van der Waals surface area contributed by atoms with Crippen molar-refractivity contribution in [3.8, 4) is 0 Å². The molecule has 10 aliphatic heterocycles. The van der Waals surface area contributed by atoms with Crippen LogP contribution in [-0.2, 0) is 114 Å². The highest BCUT2D eigenvalue weighted by atomic mass is 15.5. The Hall–Kier alpha value is -11.6. The first-order valence-electron chi connectivity index (χ1n) is 39.0. The summed E-state index contributed by atoms with van der Waals surface area (Å²) >= 11 is 0. The molecule has 0 aliphatic carbocycles. The highest BCUT2D eigenvalue weighted by Gasteiger charge is 2.51. The van der Waals surface area contributed by atoms with E-state index in [0.29, 0.717) is 13.7 Å². The molecule has 0 saturated heterocycles. The third-order valence-electron chi connectivity index (χ3n) is 26.0. The third-order valence-corrected chi connectivity index (χ3v) is 26.0. The molecule has 0 unspecified atom stereocenters. The zero-order chi connectivity index (χ0) is 73.5. The fourth-order valence-corrected chi connectivity index (χ4v) is 21.4. The van der Waals surface area contributed by atoms with Crippen LogP contribution in [0.5, 0.6) is 0 Å².